The Morgan fingerprint density at radius 1 is 0.500 bits per heavy atom. The van der Waals surface area contributed by atoms with Crippen molar-refractivity contribution in [1.29, 1.82) is 10.5 Å². The summed E-state index contributed by atoms with van der Waals surface area (Å²) in [6.45, 7) is 0. The van der Waals surface area contributed by atoms with Crippen LogP contribution in [-0.4, -0.2) is 0 Å². The minimum Gasteiger partial charge on any atom is -0.193 e. The summed E-state index contributed by atoms with van der Waals surface area (Å²) in [6.07, 6.45) is 10.6. The Hall–Kier alpha value is -3.36. The van der Waals surface area contributed by atoms with Gasteiger partial charge in [0, 0.05) is 12.2 Å². The molecular weight excluding hydrogens is 268 g/mol. The van der Waals surface area contributed by atoms with Gasteiger partial charge in [-0.05, 0) is 34.4 Å². The monoisotopic (exact) mass is 282 g/mol. The molecule has 2 aromatic carbocycles. The second kappa shape index (κ2) is 8.04. The molecule has 2 nitrogen and oxygen atoms in total. The van der Waals surface area contributed by atoms with Crippen molar-refractivity contribution < 1.29 is 0 Å². The third-order valence-electron chi connectivity index (χ3n) is 3.04. The van der Waals surface area contributed by atoms with Gasteiger partial charge >= 0.3 is 0 Å². The Balaban J connectivity index is 2.05. The van der Waals surface area contributed by atoms with Crippen LogP contribution in [-0.2, 0) is 0 Å². The number of benzene rings is 2. The standard InChI is InChI=1S/C20H14N2/c21-15-1-3-17-5-9-19(10-6-17)13-14-20-11-7-18(8-12-20)4-2-16-22/h1-14H. The van der Waals surface area contributed by atoms with E-state index in [9.17, 15) is 0 Å². The van der Waals surface area contributed by atoms with Gasteiger partial charge in [-0.15, -0.1) is 0 Å². The summed E-state index contributed by atoms with van der Waals surface area (Å²) in [7, 11) is 0. The molecule has 2 rings (SSSR count). The fourth-order valence-corrected chi connectivity index (χ4v) is 1.90. The smallest absolute Gasteiger partial charge is 0.0912 e. The Labute approximate surface area is 130 Å². The highest BCUT2D eigenvalue weighted by molar-refractivity contribution is 5.71. The summed E-state index contributed by atoms with van der Waals surface area (Å²) in [5.41, 5.74) is 4.21. The van der Waals surface area contributed by atoms with Gasteiger partial charge in [-0.2, -0.15) is 10.5 Å². The Kier molecular flexibility index (Phi) is 5.50. The molecule has 0 aliphatic rings. The predicted molar refractivity (Wildman–Crippen MR) is 91.1 cm³/mol. The highest BCUT2D eigenvalue weighted by Gasteiger charge is 1.91. The molecule has 0 amide bonds. The zero-order chi connectivity index (χ0) is 15.6. The SMILES string of the molecule is N#CC=Cc1ccc(C=Cc2ccc(C=CC#N)cc2)cc1. The lowest BCUT2D eigenvalue weighted by Crippen LogP contribution is -1.76. The number of rotatable bonds is 4. The average Bonchev–Trinajstić information content (AvgIpc) is 2.58. The third kappa shape index (κ3) is 4.63. The fourth-order valence-electron chi connectivity index (χ4n) is 1.90. The van der Waals surface area contributed by atoms with E-state index >= 15 is 0 Å². The normalized spacial score (nSPS) is 11.0. The minimum atomic E-state index is 1.01. The Bertz CT molecular complexity index is 708. The zero-order valence-corrected chi connectivity index (χ0v) is 12.0. The van der Waals surface area contributed by atoms with Crippen molar-refractivity contribution in [2.75, 3.05) is 0 Å². The molecule has 2 aromatic rings. The summed E-state index contributed by atoms with van der Waals surface area (Å²) in [5.74, 6) is 0. The van der Waals surface area contributed by atoms with Gasteiger partial charge in [0.25, 0.3) is 0 Å². The quantitative estimate of drug-likeness (QED) is 0.589. The minimum absolute atomic E-state index is 1.01. The lowest BCUT2D eigenvalue weighted by Gasteiger charge is -1.97. The first-order valence-electron chi connectivity index (χ1n) is 6.82. The first kappa shape index (κ1) is 15.0. The number of allylic oxidation sites excluding steroid dienone is 2. The van der Waals surface area contributed by atoms with Gasteiger partial charge in [0.05, 0.1) is 12.1 Å². The molecule has 0 saturated heterocycles. The number of nitrogens with zero attached hydrogens (tertiary/aromatic N) is 2. The van der Waals surface area contributed by atoms with Crippen molar-refractivity contribution in [1.82, 2.24) is 0 Å². The molecule has 0 unspecified atom stereocenters. The van der Waals surface area contributed by atoms with E-state index in [1.165, 1.54) is 12.2 Å². The van der Waals surface area contributed by atoms with Crippen molar-refractivity contribution in [3.8, 4) is 12.1 Å². The molecule has 0 aliphatic heterocycles. The van der Waals surface area contributed by atoms with Crippen LogP contribution >= 0.6 is 0 Å². The second-order valence-corrected chi connectivity index (χ2v) is 4.59. The first-order valence-corrected chi connectivity index (χ1v) is 6.82. The van der Waals surface area contributed by atoms with E-state index in [2.05, 4.69) is 0 Å². The summed E-state index contributed by atoms with van der Waals surface area (Å²) in [5, 5.41) is 17.0. The summed E-state index contributed by atoms with van der Waals surface area (Å²) in [6, 6.07) is 19.9. The average molecular weight is 282 g/mol. The van der Waals surface area contributed by atoms with Crippen LogP contribution in [0.1, 0.15) is 22.3 Å². The van der Waals surface area contributed by atoms with E-state index in [1.807, 2.05) is 72.8 Å². The molecule has 22 heavy (non-hydrogen) atoms. The van der Waals surface area contributed by atoms with Gasteiger partial charge in [0.1, 0.15) is 0 Å². The molecule has 0 N–H and O–H groups in total. The highest BCUT2D eigenvalue weighted by atomic mass is 14.2. The summed E-state index contributed by atoms with van der Waals surface area (Å²) < 4.78 is 0. The van der Waals surface area contributed by atoms with Gasteiger partial charge in [-0.3, -0.25) is 0 Å². The van der Waals surface area contributed by atoms with E-state index in [-0.39, 0.29) is 0 Å². The van der Waals surface area contributed by atoms with Crippen molar-refractivity contribution in [2.45, 2.75) is 0 Å². The van der Waals surface area contributed by atoms with E-state index in [1.54, 1.807) is 12.2 Å². The number of hydrogen-bond acceptors (Lipinski definition) is 2. The van der Waals surface area contributed by atoms with E-state index in [0.717, 1.165) is 22.3 Å². The van der Waals surface area contributed by atoms with Crippen LogP contribution in [0.5, 0.6) is 0 Å². The number of nitriles is 2. The molecule has 0 atom stereocenters. The van der Waals surface area contributed by atoms with Crippen molar-refractivity contribution in [3.05, 3.63) is 82.9 Å². The van der Waals surface area contributed by atoms with Gasteiger partial charge in [0.2, 0.25) is 0 Å². The van der Waals surface area contributed by atoms with Crippen molar-refractivity contribution in [2.24, 2.45) is 0 Å². The molecule has 0 saturated carbocycles. The van der Waals surface area contributed by atoms with Crippen LogP contribution in [0.4, 0.5) is 0 Å². The molecule has 0 bridgehead atoms. The Morgan fingerprint density at radius 2 is 0.773 bits per heavy atom. The van der Waals surface area contributed by atoms with Crippen LogP contribution < -0.4 is 0 Å². The van der Waals surface area contributed by atoms with E-state index in [0.29, 0.717) is 0 Å². The lowest BCUT2D eigenvalue weighted by molar-refractivity contribution is 1.53. The maximum Gasteiger partial charge on any atom is 0.0912 e. The van der Waals surface area contributed by atoms with Crippen LogP contribution in [0.25, 0.3) is 24.3 Å². The molecule has 104 valence electrons. The Morgan fingerprint density at radius 3 is 1.05 bits per heavy atom. The van der Waals surface area contributed by atoms with Crippen LogP contribution in [0.2, 0.25) is 0 Å². The summed E-state index contributed by atoms with van der Waals surface area (Å²) >= 11 is 0. The maximum absolute atomic E-state index is 8.49. The molecule has 0 spiro atoms. The van der Waals surface area contributed by atoms with Crippen LogP contribution in [0.15, 0.2) is 60.7 Å². The second-order valence-electron chi connectivity index (χ2n) is 4.59. The first-order chi connectivity index (χ1) is 10.8. The fraction of sp³-hybridized carbons (Fsp3) is 0. The van der Waals surface area contributed by atoms with Crippen molar-refractivity contribution in [3.63, 3.8) is 0 Å². The van der Waals surface area contributed by atoms with Gasteiger partial charge in [0.15, 0.2) is 0 Å². The maximum atomic E-state index is 8.49. The molecule has 0 aromatic heterocycles. The molecular formula is C20H14N2. The summed E-state index contributed by atoms with van der Waals surface area (Å²) in [4.78, 5) is 0. The molecule has 0 radical (unpaired) electrons. The van der Waals surface area contributed by atoms with Crippen LogP contribution in [0.3, 0.4) is 0 Å². The van der Waals surface area contributed by atoms with E-state index < -0.39 is 0 Å². The van der Waals surface area contributed by atoms with Crippen LogP contribution in [0, 0.1) is 22.7 Å². The molecule has 2 heteroatoms. The van der Waals surface area contributed by atoms with Gasteiger partial charge in [-0.1, -0.05) is 60.7 Å². The largest absolute Gasteiger partial charge is 0.193 e. The topological polar surface area (TPSA) is 47.6 Å². The van der Waals surface area contributed by atoms with E-state index in [4.69, 9.17) is 10.5 Å². The molecule has 0 aliphatic carbocycles. The lowest BCUT2D eigenvalue weighted by atomic mass is 10.1. The third-order valence-corrected chi connectivity index (χ3v) is 3.04. The molecule has 0 fully saturated rings. The van der Waals surface area contributed by atoms with Gasteiger partial charge < -0.3 is 0 Å². The predicted octanol–water partition coefficient (Wildman–Crippen LogP) is 4.93. The zero-order valence-electron chi connectivity index (χ0n) is 12.0. The van der Waals surface area contributed by atoms with Crippen molar-refractivity contribution >= 4 is 24.3 Å². The number of hydrogen-bond donors (Lipinski definition) is 0. The van der Waals surface area contributed by atoms with Gasteiger partial charge in [-0.25, -0.2) is 0 Å². The molecule has 0 heterocycles. The highest BCUT2D eigenvalue weighted by Crippen LogP contribution is 2.12.